The molecule has 4 heavy (non-hydrogen) atoms. The van der Waals surface area contributed by atoms with Crippen molar-refractivity contribution >= 4 is 0 Å². The van der Waals surface area contributed by atoms with E-state index in [1.54, 1.807) is 0 Å². The second kappa shape index (κ2) is 18.1. The fourth-order valence-electron chi connectivity index (χ4n) is 0. The van der Waals surface area contributed by atoms with Gasteiger partial charge in [0.25, 0.3) is 0 Å². The maximum absolute atomic E-state index is 0. The smallest absolute Gasteiger partial charge is 0 e. The molecular weight excluding hydrogens is 319 g/mol. The van der Waals surface area contributed by atoms with Crippen molar-refractivity contribution in [2.75, 3.05) is 0 Å². The van der Waals surface area contributed by atoms with E-state index < -0.39 is 0 Å². The van der Waals surface area contributed by atoms with Crippen LogP contribution in [0.25, 0.3) is 0 Å². The van der Waals surface area contributed by atoms with E-state index in [1.807, 2.05) is 0 Å². The molecule has 0 spiro atoms. The van der Waals surface area contributed by atoms with Gasteiger partial charge in [-0.2, -0.15) is 0 Å². The molecule has 0 saturated carbocycles. The first-order chi connectivity index (χ1) is 0. The van der Waals surface area contributed by atoms with Gasteiger partial charge in [0.1, 0.15) is 0 Å². The second-order valence-corrected chi connectivity index (χ2v) is 0. The minimum absolute atomic E-state index is 0. The van der Waals surface area contributed by atoms with E-state index >= 15 is 0 Å². The zero-order chi connectivity index (χ0) is 0. The van der Waals surface area contributed by atoms with E-state index in [0.717, 1.165) is 0 Å². The molecule has 0 nitrogen and oxygen atoms in total. The van der Waals surface area contributed by atoms with Crippen LogP contribution in [0, 0.1) is 0 Å². The molecule has 0 atom stereocenters. The van der Waals surface area contributed by atoms with Crippen LogP contribution in [0.1, 0.15) is 0 Å². The molecule has 0 unspecified atom stereocenters. The summed E-state index contributed by atoms with van der Waals surface area (Å²) in [6.07, 6.45) is 0. The van der Waals surface area contributed by atoms with Crippen LogP contribution >= 0.6 is 0 Å². The summed E-state index contributed by atoms with van der Waals surface area (Å²) >= 11 is 0. The van der Waals surface area contributed by atoms with E-state index in [4.69, 9.17) is 0 Å². The van der Waals surface area contributed by atoms with Gasteiger partial charge < -0.3 is 0 Å². The predicted molar refractivity (Wildman–Crippen MR) is 0 cm³/mol. The van der Waals surface area contributed by atoms with Gasteiger partial charge in [0.15, 0.2) is 0 Å². The SMILES string of the molecule is [Cu].[Cu].[Mo].[Mo]. The normalized spacial score (nSPS) is 0. The van der Waals surface area contributed by atoms with Crippen molar-refractivity contribution in [1.82, 2.24) is 0 Å². The van der Waals surface area contributed by atoms with Gasteiger partial charge in [0.2, 0.25) is 0 Å². The molecule has 0 aromatic rings. The topological polar surface area (TPSA) is 0 Å². The Morgan fingerprint density at radius 3 is 0.500 bits per heavy atom. The zero-order valence-corrected chi connectivity index (χ0v) is 7.32. The van der Waals surface area contributed by atoms with Crippen LogP contribution in [0.4, 0.5) is 0 Å². The molecule has 4 heteroatoms. The van der Waals surface area contributed by atoms with Crippen molar-refractivity contribution in [3.8, 4) is 0 Å². The molecule has 0 bridgehead atoms. The molecule has 0 aliphatic rings. The number of hydrogen-bond acceptors (Lipinski definition) is 0. The first kappa shape index (κ1) is 32.2. The third-order valence-corrected chi connectivity index (χ3v) is 0. The van der Waals surface area contributed by atoms with Crippen LogP contribution in [0.5, 0.6) is 0 Å². The van der Waals surface area contributed by atoms with Gasteiger partial charge in [-0.05, 0) is 0 Å². The van der Waals surface area contributed by atoms with E-state index in [-0.39, 0.29) is 76.3 Å². The van der Waals surface area contributed by atoms with Gasteiger partial charge >= 0.3 is 0 Å². The van der Waals surface area contributed by atoms with Crippen molar-refractivity contribution < 1.29 is 76.3 Å². The summed E-state index contributed by atoms with van der Waals surface area (Å²) in [7, 11) is 0. The Labute approximate surface area is 75.3 Å². The average molecular weight is 319 g/mol. The van der Waals surface area contributed by atoms with E-state index in [0.29, 0.717) is 0 Å². The Kier molecular flexibility index (Phi) is 146. The van der Waals surface area contributed by atoms with E-state index in [9.17, 15) is 0 Å². The first-order valence-corrected chi connectivity index (χ1v) is 0. The molecule has 0 heterocycles. The van der Waals surface area contributed by atoms with Crippen molar-refractivity contribution in [2.24, 2.45) is 0 Å². The molecule has 34 valence electrons. The molecule has 0 fully saturated rings. The fourth-order valence-corrected chi connectivity index (χ4v) is 0. The molecule has 0 amide bonds. The Morgan fingerprint density at radius 1 is 0.500 bits per heavy atom. The summed E-state index contributed by atoms with van der Waals surface area (Å²) in [5.41, 5.74) is 0. The molecule has 0 N–H and O–H groups in total. The van der Waals surface area contributed by atoms with Gasteiger partial charge in [0, 0.05) is 76.3 Å². The molecule has 2 radical (unpaired) electrons. The molecular formula is Cu2Mo2. The van der Waals surface area contributed by atoms with Gasteiger partial charge in [-0.25, -0.2) is 0 Å². The van der Waals surface area contributed by atoms with Gasteiger partial charge in [0.05, 0.1) is 0 Å². The standard InChI is InChI=1S/2Cu.2Mo. The Balaban J connectivity index is 0. The molecule has 0 aromatic carbocycles. The van der Waals surface area contributed by atoms with Crippen LogP contribution in [-0.2, 0) is 76.3 Å². The van der Waals surface area contributed by atoms with Crippen molar-refractivity contribution in [3.05, 3.63) is 0 Å². The molecule has 0 saturated heterocycles. The van der Waals surface area contributed by atoms with E-state index in [2.05, 4.69) is 0 Å². The summed E-state index contributed by atoms with van der Waals surface area (Å²) in [5, 5.41) is 0. The Morgan fingerprint density at radius 2 is 0.500 bits per heavy atom. The maximum atomic E-state index is 0. The summed E-state index contributed by atoms with van der Waals surface area (Å²) < 4.78 is 0. The maximum Gasteiger partial charge on any atom is 0 e. The monoisotopic (exact) mass is 322 g/mol. The van der Waals surface area contributed by atoms with Crippen LogP contribution < -0.4 is 0 Å². The quantitative estimate of drug-likeness (QED) is 0.551. The van der Waals surface area contributed by atoms with Crippen LogP contribution in [0.15, 0.2) is 0 Å². The summed E-state index contributed by atoms with van der Waals surface area (Å²) in [4.78, 5) is 0. The van der Waals surface area contributed by atoms with Gasteiger partial charge in [-0.3, -0.25) is 0 Å². The minimum atomic E-state index is 0. The summed E-state index contributed by atoms with van der Waals surface area (Å²) in [6.45, 7) is 0. The second-order valence-electron chi connectivity index (χ2n) is 0. The Bertz CT molecular complexity index is 4.00. The fraction of sp³-hybridized carbons (Fsp3) is 0. The Hall–Kier alpha value is 2.42. The molecule has 0 aromatic heterocycles. The van der Waals surface area contributed by atoms with Gasteiger partial charge in [-0.15, -0.1) is 0 Å². The summed E-state index contributed by atoms with van der Waals surface area (Å²) in [6, 6.07) is 0. The zero-order valence-electron chi connectivity index (χ0n) is 1.42. The first-order valence-electron chi connectivity index (χ1n) is 0. The van der Waals surface area contributed by atoms with Crippen molar-refractivity contribution in [1.29, 1.82) is 0 Å². The average Bonchev–Trinajstić information content (AvgIpc) is 0. The third kappa shape index (κ3) is 8.83. The summed E-state index contributed by atoms with van der Waals surface area (Å²) in [5.74, 6) is 0. The third-order valence-electron chi connectivity index (χ3n) is 0. The molecule has 0 rings (SSSR count). The number of rotatable bonds is 0. The number of hydrogen-bond donors (Lipinski definition) is 0. The van der Waals surface area contributed by atoms with Crippen LogP contribution in [0.3, 0.4) is 0 Å². The predicted octanol–water partition coefficient (Wildman–Crippen LogP) is -0.0100. The molecule has 0 aliphatic carbocycles. The van der Waals surface area contributed by atoms with Gasteiger partial charge in [-0.1, -0.05) is 0 Å². The van der Waals surface area contributed by atoms with Crippen molar-refractivity contribution in [2.45, 2.75) is 0 Å². The largest absolute Gasteiger partial charge is 0 e. The van der Waals surface area contributed by atoms with Crippen molar-refractivity contribution in [3.63, 3.8) is 0 Å². The van der Waals surface area contributed by atoms with E-state index in [1.165, 1.54) is 0 Å². The van der Waals surface area contributed by atoms with Crippen LogP contribution in [-0.4, -0.2) is 0 Å². The van der Waals surface area contributed by atoms with Crippen LogP contribution in [0.2, 0.25) is 0 Å². The minimum Gasteiger partial charge on any atom is 0 e. The molecule has 0 aliphatic heterocycles.